The number of ether oxygens (including phenoxy) is 1. The van der Waals surface area contributed by atoms with Crippen molar-refractivity contribution in [2.45, 2.75) is 33.0 Å². The van der Waals surface area contributed by atoms with Crippen LogP contribution in [-0.4, -0.2) is 40.0 Å². The Morgan fingerprint density at radius 3 is 2.50 bits per heavy atom. The Morgan fingerprint density at radius 2 is 1.75 bits per heavy atom. The third-order valence-electron chi connectivity index (χ3n) is 5.25. The van der Waals surface area contributed by atoms with Gasteiger partial charge in [-0.2, -0.15) is 0 Å². The van der Waals surface area contributed by atoms with Gasteiger partial charge in [0.05, 0.1) is 23.7 Å². The third-order valence-corrected chi connectivity index (χ3v) is 5.25. The summed E-state index contributed by atoms with van der Waals surface area (Å²) in [6, 6.07) is 15.7. The van der Waals surface area contributed by atoms with Crippen molar-refractivity contribution in [2.75, 3.05) is 13.1 Å². The van der Waals surface area contributed by atoms with E-state index in [0.717, 1.165) is 11.1 Å². The molecule has 28 heavy (non-hydrogen) atoms. The third kappa shape index (κ3) is 3.62. The fraction of sp³-hybridized carbons (Fsp3) is 0.348. The van der Waals surface area contributed by atoms with Gasteiger partial charge in [-0.3, -0.25) is 14.8 Å². The van der Waals surface area contributed by atoms with Crippen LogP contribution in [0, 0.1) is 5.41 Å². The van der Waals surface area contributed by atoms with E-state index in [1.165, 1.54) is 0 Å². The van der Waals surface area contributed by atoms with Gasteiger partial charge in [0, 0.05) is 18.9 Å². The SMILES string of the molecule is CC(C)(C)[C@H]1CN(C(=O)c2cccc3nccnc23)C[C@@H](c2ccccc2)O1. The highest BCUT2D eigenvalue weighted by molar-refractivity contribution is 6.04. The first-order valence-electron chi connectivity index (χ1n) is 9.63. The lowest BCUT2D eigenvalue weighted by molar-refractivity contribution is -0.119. The highest BCUT2D eigenvalue weighted by Gasteiger charge is 2.38. The van der Waals surface area contributed by atoms with Crippen LogP contribution in [0.3, 0.4) is 0 Å². The van der Waals surface area contributed by atoms with Crippen LogP contribution in [0.25, 0.3) is 11.0 Å². The van der Waals surface area contributed by atoms with Crippen LogP contribution in [0.2, 0.25) is 0 Å². The maximum absolute atomic E-state index is 13.5. The van der Waals surface area contributed by atoms with Crippen LogP contribution in [0.1, 0.15) is 42.8 Å². The summed E-state index contributed by atoms with van der Waals surface area (Å²) in [5.41, 5.74) is 2.97. The van der Waals surface area contributed by atoms with Crippen molar-refractivity contribution in [2.24, 2.45) is 5.41 Å². The second-order valence-corrected chi connectivity index (χ2v) is 8.33. The number of hydrogen-bond acceptors (Lipinski definition) is 4. The van der Waals surface area contributed by atoms with Gasteiger partial charge < -0.3 is 9.64 Å². The lowest BCUT2D eigenvalue weighted by Gasteiger charge is -2.43. The molecule has 0 spiro atoms. The molecule has 1 fully saturated rings. The van der Waals surface area contributed by atoms with Gasteiger partial charge in [0.1, 0.15) is 11.6 Å². The van der Waals surface area contributed by atoms with E-state index in [1.807, 2.05) is 41.3 Å². The van der Waals surface area contributed by atoms with Gasteiger partial charge in [-0.15, -0.1) is 0 Å². The molecule has 2 aromatic carbocycles. The van der Waals surface area contributed by atoms with Gasteiger partial charge in [0.2, 0.25) is 0 Å². The number of hydrogen-bond donors (Lipinski definition) is 0. The van der Waals surface area contributed by atoms with Crippen molar-refractivity contribution in [3.63, 3.8) is 0 Å². The van der Waals surface area contributed by atoms with E-state index in [4.69, 9.17) is 4.74 Å². The lowest BCUT2D eigenvalue weighted by Crippen LogP contribution is -2.51. The minimum absolute atomic E-state index is 0.0235. The Morgan fingerprint density at radius 1 is 1.00 bits per heavy atom. The second-order valence-electron chi connectivity index (χ2n) is 8.33. The molecule has 4 rings (SSSR count). The molecule has 2 heterocycles. The molecule has 1 aliphatic rings. The second kappa shape index (κ2) is 7.32. The summed E-state index contributed by atoms with van der Waals surface area (Å²) in [5, 5.41) is 0. The monoisotopic (exact) mass is 375 g/mol. The zero-order chi connectivity index (χ0) is 19.7. The van der Waals surface area contributed by atoms with Crippen LogP contribution >= 0.6 is 0 Å². The minimum atomic E-state index is -0.149. The minimum Gasteiger partial charge on any atom is -0.366 e. The quantitative estimate of drug-likeness (QED) is 0.672. The number of nitrogens with zero attached hydrogens (tertiary/aromatic N) is 3. The molecule has 1 saturated heterocycles. The standard InChI is InChI=1S/C23H25N3O2/c1-23(2,3)20-15-26(14-19(28-20)16-8-5-4-6-9-16)22(27)17-10-7-11-18-21(17)25-13-12-24-18/h4-13,19-20H,14-15H2,1-3H3/t19-,20+/m0/s1. The molecule has 0 radical (unpaired) electrons. The van der Waals surface area contributed by atoms with Crippen LogP contribution in [-0.2, 0) is 4.74 Å². The first-order chi connectivity index (χ1) is 13.4. The molecular weight excluding hydrogens is 350 g/mol. The summed E-state index contributed by atoms with van der Waals surface area (Å²) in [7, 11) is 0. The van der Waals surface area contributed by atoms with E-state index in [1.54, 1.807) is 12.4 Å². The van der Waals surface area contributed by atoms with Crippen LogP contribution in [0.4, 0.5) is 0 Å². The average Bonchev–Trinajstić information content (AvgIpc) is 2.72. The van der Waals surface area contributed by atoms with Crippen molar-refractivity contribution < 1.29 is 9.53 Å². The number of amides is 1. The molecule has 0 saturated carbocycles. The van der Waals surface area contributed by atoms with E-state index < -0.39 is 0 Å². The summed E-state index contributed by atoms with van der Waals surface area (Å²) >= 11 is 0. The molecule has 1 aromatic heterocycles. The van der Waals surface area contributed by atoms with Crippen LogP contribution in [0.15, 0.2) is 60.9 Å². The highest BCUT2D eigenvalue weighted by Crippen LogP contribution is 2.34. The van der Waals surface area contributed by atoms with Crippen molar-refractivity contribution in [3.8, 4) is 0 Å². The zero-order valence-corrected chi connectivity index (χ0v) is 16.5. The Bertz CT molecular complexity index is 977. The van der Waals surface area contributed by atoms with E-state index in [9.17, 15) is 4.79 Å². The zero-order valence-electron chi connectivity index (χ0n) is 16.5. The highest BCUT2D eigenvalue weighted by atomic mass is 16.5. The van der Waals surface area contributed by atoms with Crippen molar-refractivity contribution in [3.05, 3.63) is 72.1 Å². The molecule has 3 aromatic rings. The fourth-order valence-corrected chi connectivity index (χ4v) is 3.59. The molecule has 144 valence electrons. The summed E-state index contributed by atoms with van der Waals surface area (Å²) in [5.74, 6) is -0.0235. The number of fused-ring (bicyclic) bond motifs is 1. The van der Waals surface area contributed by atoms with E-state index >= 15 is 0 Å². The van der Waals surface area contributed by atoms with E-state index in [0.29, 0.717) is 24.2 Å². The topological polar surface area (TPSA) is 55.3 Å². The molecule has 1 amide bonds. The fourth-order valence-electron chi connectivity index (χ4n) is 3.59. The van der Waals surface area contributed by atoms with Gasteiger partial charge in [0.25, 0.3) is 5.91 Å². The van der Waals surface area contributed by atoms with E-state index in [2.05, 4.69) is 42.9 Å². The molecule has 1 aliphatic heterocycles. The normalized spacial score (nSPS) is 20.3. The summed E-state index contributed by atoms with van der Waals surface area (Å²) in [4.78, 5) is 24.1. The number of para-hydroxylation sites is 1. The predicted octanol–water partition coefficient (Wildman–Crippen LogP) is 4.26. The first kappa shape index (κ1) is 18.6. The molecule has 0 bridgehead atoms. The summed E-state index contributed by atoms with van der Waals surface area (Å²) < 4.78 is 6.42. The van der Waals surface area contributed by atoms with Crippen molar-refractivity contribution in [1.82, 2.24) is 14.9 Å². The van der Waals surface area contributed by atoms with Gasteiger partial charge in [0.15, 0.2) is 0 Å². The summed E-state index contributed by atoms with van der Waals surface area (Å²) in [6.07, 6.45) is 3.07. The molecule has 5 heteroatoms. The number of benzene rings is 2. The Labute approximate surface area is 165 Å². The number of carbonyl (C=O) groups is 1. The molecule has 2 atom stereocenters. The maximum Gasteiger partial charge on any atom is 0.256 e. The molecule has 5 nitrogen and oxygen atoms in total. The average molecular weight is 375 g/mol. The summed E-state index contributed by atoms with van der Waals surface area (Å²) in [6.45, 7) is 7.53. The van der Waals surface area contributed by atoms with Crippen molar-refractivity contribution in [1.29, 1.82) is 0 Å². The number of rotatable bonds is 2. The predicted molar refractivity (Wildman–Crippen MR) is 109 cm³/mol. The Kier molecular flexibility index (Phi) is 4.85. The Balaban J connectivity index is 1.69. The van der Waals surface area contributed by atoms with Gasteiger partial charge in [-0.05, 0) is 23.1 Å². The first-order valence-corrected chi connectivity index (χ1v) is 9.63. The number of morpholine rings is 1. The Hall–Kier alpha value is -2.79. The maximum atomic E-state index is 13.5. The molecule has 0 N–H and O–H groups in total. The lowest BCUT2D eigenvalue weighted by atomic mass is 9.87. The van der Waals surface area contributed by atoms with Crippen molar-refractivity contribution >= 4 is 16.9 Å². The van der Waals surface area contributed by atoms with Crippen LogP contribution in [0.5, 0.6) is 0 Å². The number of aromatic nitrogens is 2. The van der Waals surface area contributed by atoms with Crippen LogP contribution < -0.4 is 0 Å². The molecular formula is C23H25N3O2. The van der Waals surface area contributed by atoms with Gasteiger partial charge >= 0.3 is 0 Å². The molecule has 0 aliphatic carbocycles. The largest absolute Gasteiger partial charge is 0.366 e. The van der Waals surface area contributed by atoms with E-state index in [-0.39, 0.29) is 23.5 Å². The molecule has 0 unspecified atom stereocenters. The van der Waals surface area contributed by atoms with Gasteiger partial charge in [-0.25, -0.2) is 0 Å². The number of carbonyl (C=O) groups excluding carboxylic acids is 1. The van der Waals surface area contributed by atoms with Gasteiger partial charge in [-0.1, -0.05) is 57.2 Å². The smallest absolute Gasteiger partial charge is 0.256 e.